The maximum atomic E-state index is 13.5. The van der Waals surface area contributed by atoms with Gasteiger partial charge in [-0.3, -0.25) is 0 Å². The van der Waals surface area contributed by atoms with Gasteiger partial charge in [0.25, 0.3) is 0 Å². The first kappa shape index (κ1) is 14.4. The van der Waals surface area contributed by atoms with Crippen molar-refractivity contribution in [2.75, 3.05) is 20.1 Å². The summed E-state index contributed by atoms with van der Waals surface area (Å²) in [4.78, 5) is 1.97. The second kappa shape index (κ2) is 6.46. The minimum absolute atomic E-state index is 0.229. The van der Waals surface area contributed by atoms with Gasteiger partial charge in [0, 0.05) is 18.7 Å². The number of aliphatic hydroxyl groups excluding tert-OH is 2. The molecule has 2 rings (SSSR count). The first-order chi connectivity index (χ1) is 9.08. The fourth-order valence-corrected chi connectivity index (χ4v) is 2.84. The van der Waals surface area contributed by atoms with Gasteiger partial charge in [-0.05, 0) is 31.9 Å². The number of nitrogens with zero attached hydrogens (tertiary/aromatic N) is 1. The van der Waals surface area contributed by atoms with Crippen LogP contribution in [0.2, 0.25) is 0 Å². The lowest BCUT2D eigenvalue weighted by Gasteiger charge is -2.25. The van der Waals surface area contributed by atoms with Crippen LogP contribution in [0.25, 0.3) is 0 Å². The Morgan fingerprint density at radius 3 is 2.74 bits per heavy atom. The number of benzene rings is 1. The Bertz CT molecular complexity index is 413. The van der Waals surface area contributed by atoms with Crippen molar-refractivity contribution in [3.05, 3.63) is 35.6 Å². The fourth-order valence-electron chi connectivity index (χ4n) is 2.84. The van der Waals surface area contributed by atoms with Gasteiger partial charge in [0.2, 0.25) is 0 Å². The highest BCUT2D eigenvalue weighted by molar-refractivity contribution is 5.19. The maximum Gasteiger partial charge on any atom is 0.129 e. The van der Waals surface area contributed by atoms with E-state index < -0.39 is 6.10 Å². The number of hydrogen-bond donors (Lipinski definition) is 2. The molecule has 1 aromatic rings. The first-order valence-corrected chi connectivity index (χ1v) is 6.87. The zero-order valence-electron chi connectivity index (χ0n) is 11.3. The van der Waals surface area contributed by atoms with Crippen molar-refractivity contribution < 1.29 is 14.6 Å². The number of aliphatic hydroxyl groups is 2. The van der Waals surface area contributed by atoms with Gasteiger partial charge in [0.05, 0.1) is 12.2 Å². The van der Waals surface area contributed by atoms with Crippen molar-refractivity contribution in [1.82, 2.24) is 4.90 Å². The Kier molecular flexibility index (Phi) is 4.91. The second-order valence-electron chi connectivity index (χ2n) is 5.52. The van der Waals surface area contributed by atoms with Crippen molar-refractivity contribution in [2.45, 2.75) is 31.5 Å². The highest BCUT2D eigenvalue weighted by Gasteiger charge is 2.26. The molecule has 0 bridgehead atoms. The lowest BCUT2D eigenvalue weighted by molar-refractivity contribution is 0.0809. The maximum absolute atomic E-state index is 13.5. The Labute approximate surface area is 113 Å². The van der Waals surface area contributed by atoms with Crippen LogP contribution in [0, 0.1) is 11.7 Å². The zero-order chi connectivity index (χ0) is 13.8. The summed E-state index contributed by atoms with van der Waals surface area (Å²) in [5, 5.41) is 19.9. The molecule has 1 aromatic carbocycles. The molecule has 0 spiro atoms. The minimum atomic E-state index is -0.829. The molecule has 1 aliphatic rings. The lowest BCUT2D eigenvalue weighted by atomic mass is 10.0. The van der Waals surface area contributed by atoms with Gasteiger partial charge >= 0.3 is 0 Å². The molecule has 1 fully saturated rings. The van der Waals surface area contributed by atoms with Gasteiger partial charge in [0.15, 0.2) is 0 Å². The molecular formula is C15H22FNO2. The summed E-state index contributed by atoms with van der Waals surface area (Å²) in [5.74, 6) is -0.0953. The Morgan fingerprint density at radius 1 is 1.37 bits per heavy atom. The molecule has 2 N–H and O–H groups in total. The summed E-state index contributed by atoms with van der Waals surface area (Å²) in [6, 6.07) is 6.31. The average Bonchev–Trinajstić information content (AvgIpc) is 2.75. The van der Waals surface area contributed by atoms with Crippen molar-refractivity contribution >= 4 is 0 Å². The standard InChI is InChI=1S/C15H22FNO2/c1-17(9-11-5-4-8-14(11)18)10-15(19)12-6-2-3-7-13(12)16/h2-3,6-7,11,14-15,18-19H,4-5,8-10H2,1H3. The van der Waals surface area contributed by atoms with Crippen LogP contribution in [0.15, 0.2) is 24.3 Å². The van der Waals surface area contributed by atoms with Crippen molar-refractivity contribution in [2.24, 2.45) is 5.92 Å². The van der Waals surface area contributed by atoms with Crippen LogP contribution in [0.5, 0.6) is 0 Å². The number of likely N-dealkylation sites (N-methyl/N-ethyl adjacent to an activating group) is 1. The van der Waals surface area contributed by atoms with Crippen molar-refractivity contribution in [3.8, 4) is 0 Å². The highest BCUT2D eigenvalue weighted by Crippen LogP contribution is 2.26. The lowest BCUT2D eigenvalue weighted by Crippen LogP contribution is -2.33. The van der Waals surface area contributed by atoms with Crippen LogP contribution in [-0.4, -0.2) is 41.4 Å². The largest absolute Gasteiger partial charge is 0.393 e. The molecule has 0 aromatic heterocycles. The van der Waals surface area contributed by atoms with E-state index in [0.29, 0.717) is 12.1 Å². The summed E-state index contributed by atoms with van der Waals surface area (Å²) in [5.41, 5.74) is 0.335. The molecule has 106 valence electrons. The molecule has 0 saturated heterocycles. The van der Waals surface area contributed by atoms with Crippen molar-refractivity contribution in [3.63, 3.8) is 0 Å². The first-order valence-electron chi connectivity index (χ1n) is 6.87. The fraction of sp³-hybridized carbons (Fsp3) is 0.600. The topological polar surface area (TPSA) is 43.7 Å². The van der Waals surface area contributed by atoms with Crippen LogP contribution in [0.3, 0.4) is 0 Å². The smallest absolute Gasteiger partial charge is 0.129 e. The van der Waals surface area contributed by atoms with Crippen molar-refractivity contribution in [1.29, 1.82) is 0 Å². The monoisotopic (exact) mass is 267 g/mol. The van der Waals surface area contributed by atoms with Gasteiger partial charge in [-0.15, -0.1) is 0 Å². The molecule has 4 heteroatoms. The molecule has 1 saturated carbocycles. The third-order valence-electron chi connectivity index (χ3n) is 3.91. The van der Waals surface area contributed by atoms with Crippen LogP contribution in [0.1, 0.15) is 30.9 Å². The molecule has 0 radical (unpaired) electrons. The second-order valence-corrected chi connectivity index (χ2v) is 5.52. The molecular weight excluding hydrogens is 245 g/mol. The molecule has 0 heterocycles. The normalized spacial score (nSPS) is 24.9. The molecule has 3 atom stereocenters. The van der Waals surface area contributed by atoms with Gasteiger partial charge < -0.3 is 15.1 Å². The Hall–Kier alpha value is -0.970. The quantitative estimate of drug-likeness (QED) is 0.857. The van der Waals surface area contributed by atoms with Gasteiger partial charge in [-0.1, -0.05) is 24.6 Å². The average molecular weight is 267 g/mol. The third-order valence-corrected chi connectivity index (χ3v) is 3.91. The summed E-state index contributed by atoms with van der Waals surface area (Å²) < 4.78 is 13.5. The van der Waals surface area contributed by atoms with E-state index in [1.54, 1.807) is 18.2 Å². The van der Waals surface area contributed by atoms with Crippen LogP contribution in [-0.2, 0) is 0 Å². The summed E-state index contributed by atoms with van der Waals surface area (Å²) >= 11 is 0. The van der Waals surface area contributed by atoms with Gasteiger partial charge in [-0.2, -0.15) is 0 Å². The van der Waals surface area contributed by atoms with Crippen LogP contribution in [0.4, 0.5) is 4.39 Å². The van der Waals surface area contributed by atoms with Gasteiger partial charge in [-0.25, -0.2) is 4.39 Å². The molecule has 1 aliphatic carbocycles. The van der Waals surface area contributed by atoms with Crippen LogP contribution >= 0.6 is 0 Å². The Morgan fingerprint density at radius 2 is 2.11 bits per heavy atom. The molecule has 3 nitrogen and oxygen atoms in total. The zero-order valence-corrected chi connectivity index (χ0v) is 11.3. The third kappa shape index (κ3) is 3.75. The van der Waals surface area contributed by atoms with E-state index in [4.69, 9.17) is 0 Å². The van der Waals surface area contributed by atoms with Crippen LogP contribution < -0.4 is 0 Å². The SMILES string of the molecule is CN(CC(O)c1ccccc1F)CC1CCCC1O. The highest BCUT2D eigenvalue weighted by atomic mass is 19.1. The van der Waals surface area contributed by atoms with E-state index in [1.165, 1.54) is 6.07 Å². The van der Waals surface area contributed by atoms with E-state index in [9.17, 15) is 14.6 Å². The summed E-state index contributed by atoms with van der Waals surface area (Å²) in [6.45, 7) is 1.12. The summed E-state index contributed by atoms with van der Waals surface area (Å²) in [6.07, 6.45) is 1.91. The summed E-state index contributed by atoms with van der Waals surface area (Å²) in [7, 11) is 1.90. The van der Waals surface area contributed by atoms with E-state index in [2.05, 4.69) is 0 Å². The van der Waals surface area contributed by atoms with E-state index in [1.807, 2.05) is 11.9 Å². The van der Waals surface area contributed by atoms with E-state index >= 15 is 0 Å². The van der Waals surface area contributed by atoms with E-state index in [-0.39, 0.29) is 17.8 Å². The van der Waals surface area contributed by atoms with Gasteiger partial charge in [0.1, 0.15) is 5.82 Å². The number of rotatable bonds is 5. The van der Waals surface area contributed by atoms with E-state index in [0.717, 1.165) is 25.8 Å². The predicted molar refractivity (Wildman–Crippen MR) is 72.2 cm³/mol. The molecule has 3 unspecified atom stereocenters. The number of hydrogen-bond acceptors (Lipinski definition) is 3. The predicted octanol–water partition coefficient (Wildman–Crippen LogP) is 1.95. The Balaban J connectivity index is 1.88. The minimum Gasteiger partial charge on any atom is -0.393 e. The molecule has 19 heavy (non-hydrogen) atoms. The number of halogens is 1. The molecule has 0 amide bonds. The molecule has 0 aliphatic heterocycles.